The summed E-state index contributed by atoms with van der Waals surface area (Å²) in [5, 5.41) is 233. The van der Waals surface area contributed by atoms with Gasteiger partial charge in [-0.1, -0.05) is 213 Å². The van der Waals surface area contributed by atoms with Gasteiger partial charge in [0.05, 0.1) is 58.4 Å². The number of rotatable bonds is 58. The number of unbranched alkanes of at least 4 members (excludes halogenated alkanes) is 26. The van der Waals surface area contributed by atoms with Gasteiger partial charge in [0.2, 0.25) is 5.91 Å². The molecule has 6 aliphatic rings. The summed E-state index contributed by atoms with van der Waals surface area (Å²) in [6, 6.07) is -1.43. The largest absolute Gasteiger partial charge is 0.394 e. The first-order valence-corrected chi connectivity index (χ1v) is 41.8. The SMILES string of the molecule is CCCCCCCCCCCCCCCCCCCCCCCC(O)C(=O)NC(COC1OC(COC2OCC(O)C(O)C2OC2OC(CO)C(O)C(OC3OC(C(O)CO)C(OC4OC(C(O)CO)C(O)C4O)C3OC3OC(C(O)CO)C(O)C3O)C2O)C(O)C(O)C1O)C(O)C(O)CCCCCCCCCC(C)CC. The van der Waals surface area contributed by atoms with Gasteiger partial charge in [-0.2, -0.15) is 0 Å². The van der Waals surface area contributed by atoms with Gasteiger partial charge in [-0.3, -0.25) is 4.79 Å². The lowest BCUT2D eigenvalue weighted by atomic mass is 9.97. The van der Waals surface area contributed by atoms with Gasteiger partial charge in [-0.15, -0.1) is 0 Å². The van der Waals surface area contributed by atoms with Crippen LogP contribution in [0.5, 0.6) is 0 Å². The number of amides is 1. The second kappa shape index (κ2) is 53.0. The summed E-state index contributed by atoms with van der Waals surface area (Å²) >= 11 is 0. The standard InChI is InChI=1S/C77H143NO34/c1-4-6-7-8-9-10-11-12-13-14-15-16-17-18-19-20-21-22-25-29-32-35-46(84)71(100)78-44(53(89)45(83)34-31-28-26-23-24-27-30-33-43(3)5-2)40-101-72-60(96)57(93)55(91)52(105-72)42-103-76-68(54(90)50(88)41-102-76)110-75-63(99)67(56(92)51(39-82)104-75)109-77-70(112-74-62(98)59(95)65(107-74)48(86)37-80)69(66(108-77)49(87)38-81)111-73-61(97)58(94)64(106-73)47(85)36-79/h43-70,72-77,79-99H,4-42H2,1-3H3,(H,78,100). The van der Waals surface area contributed by atoms with Crippen LogP contribution < -0.4 is 5.32 Å². The highest BCUT2D eigenvalue weighted by Gasteiger charge is 2.60. The van der Waals surface area contributed by atoms with Crippen molar-refractivity contribution >= 4 is 5.91 Å². The summed E-state index contributed by atoms with van der Waals surface area (Å²) in [7, 11) is 0. The van der Waals surface area contributed by atoms with Crippen molar-refractivity contribution < 1.29 is 169 Å². The van der Waals surface area contributed by atoms with Crippen molar-refractivity contribution in [3.05, 3.63) is 0 Å². The first-order chi connectivity index (χ1) is 53.8. The number of nitrogens with one attached hydrogen (secondary N) is 1. The molecule has 6 saturated heterocycles. The molecule has 1 amide bonds. The summed E-state index contributed by atoms with van der Waals surface area (Å²) < 4.78 is 70.6. The lowest BCUT2D eigenvalue weighted by Gasteiger charge is -2.46. The smallest absolute Gasteiger partial charge is 0.249 e. The zero-order valence-electron chi connectivity index (χ0n) is 65.9. The Balaban J connectivity index is 1.08. The third-order valence-electron chi connectivity index (χ3n) is 22.8. The minimum Gasteiger partial charge on any atom is -0.394 e. The molecule has 6 aliphatic heterocycles. The number of aliphatic hydroxyl groups is 21. The molecular formula is C77H143NO34. The molecule has 35 nitrogen and oxygen atoms in total. The summed E-state index contributed by atoms with van der Waals surface area (Å²) in [5.41, 5.74) is 0. The molecule has 0 bridgehead atoms. The molecule has 34 atom stereocenters. The van der Waals surface area contributed by atoms with Gasteiger partial charge < -0.3 is 169 Å². The van der Waals surface area contributed by atoms with E-state index >= 15 is 0 Å². The number of carbonyl (C=O) groups is 1. The van der Waals surface area contributed by atoms with Crippen molar-refractivity contribution in [2.45, 2.75) is 429 Å². The van der Waals surface area contributed by atoms with Crippen molar-refractivity contribution in [3.63, 3.8) is 0 Å². The molecule has 22 N–H and O–H groups in total. The van der Waals surface area contributed by atoms with Crippen LogP contribution in [0.4, 0.5) is 0 Å². The van der Waals surface area contributed by atoms with Crippen molar-refractivity contribution in [3.8, 4) is 0 Å². The van der Waals surface area contributed by atoms with Gasteiger partial charge in [-0.25, -0.2) is 0 Å². The lowest BCUT2D eigenvalue weighted by molar-refractivity contribution is -0.374. The van der Waals surface area contributed by atoms with Gasteiger partial charge in [0.15, 0.2) is 37.7 Å². The molecule has 0 spiro atoms. The van der Waals surface area contributed by atoms with E-state index < -0.39 is 255 Å². The Hall–Kier alpha value is -1.85. The fraction of sp³-hybridized carbons (Fsp3) is 0.987. The molecule has 0 aromatic heterocycles. The van der Waals surface area contributed by atoms with Gasteiger partial charge in [0.25, 0.3) is 0 Å². The maximum Gasteiger partial charge on any atom is 0.249 e. The lowest BCUT2D eigenvalue weighted by Crippen LogP contribution is -2.64. The highest BCUT2D eigenvalue weighted by molar-refractivity contribution is 5.80. The van der Waals surface area contributed by atoms with E-state index in [9.17, 15) is 112 Å². The Morgan fingerprint density at radius 2 is 0.812 bits per heavy atom. The molecule has 34 unspecified atom stereocenters. The normalized spacial score (nSPS) is 36.0. The second-order valence-electron chi connectivity index (χ2n) is 31.8. The van der Waals surface area contributed by atoms with Crippen LogP contribution in [0.3, 0.4) is 0 Å². The van der Waals surface area contributed by atoms with E-state index in [2.05, 4.69) is 26.1 Å². The predicted molar refractivity (Wildman–Crippen MR) is 395 cm³/mol. The van der Waals surface area contributed by atoms with Crippen LogP contribution >= 0.6 is 0 Å². The van der Waals surface area contributed by atoms with Crippen LogP contribution in [-0.2, 0) is 61.6 Å². The molecule has 112 heavy (non-hydrogen) atoms. The fourth-order valence-electron chi connectivity index (χ4n) is 15.2. The molecule has 660 valence electrons. The molecule has 0 saturated carbocycles. The zero-order valence-corrected chi connectivity index (χ0v) is 65.9. The van der Waals surface area contributed by atoms with Crippen LogP contribution in [0.25, 0.3) is 0 Å². The number of carbonyl (C=O) groups excluding carboxylic acids is 1. The van der Waals surface area contributed by atoms with Crippen molar-refractivity contribution in [2.24, 2.45) is 5.92 Å². The number of hydrogen-bond acceptors (Lipinski definition) is 34. The van der Waals surface area contributed by atoms with Crippen molar-refractivity contribution in [1.82, 2.24) is 5.32 Å². The Labute approximate surface area is 658 Å². The maximum absolute atomic E-state index is 13.7. The van der Waals surface area contributed by atoms with Crippen LogP contribution in [0.2, 0.25) is 0 Å². The topological polar surface area (TPSA) is 565 Å². The van der Waals surface area contributed by atoms with E-state index in [0.717, 1.165) is 77.0 Å². The highest BCUT2D eigenvalue weighted by Crippen LogP contribution is 2.40. The number of hydrogen-bond donors (Lipinski definition) is 22. The van der Waals surface area contributed by atoms with Gasteiger partial charge >= 0.3 is 0 Å². The maximum atomic E-state index is 13.7. The summed E-state index contributed by atoms with van der Waals surface area (Å²) in [6.45, 7) is 0.395. The molecule has 0 aliphatic carbocycles. The molecule has 6 rings (SSSR count). The summed E-state index contributed by atoms with van der Waals surface area (Å²) in [4.78, 5) is 13.7. The average molecular weight is 1630 g/mol. The predicted octanol–water partition coefficient (Wildman–Crippen LogP) is -1.71. The minimum atomic E-state index is -2.30. The van der Waals surface area contributed by atoms with Crippen LogP contribution in [0.1, 0.15) is 226 Å². The van der Waals surface area contributed by atoms with Crippen LogP contribution in [0.15, 0.2) is 0 Å². The molecule has 6 fully saturated rings. The van der Waals surface area contributed by atoms with Gasteiger partial charge in [-0.05, 0) is 18.8 Å². The van der Waals surface area contributed by atoms with Crippen molar-refractivity contribution in [1.29, 1.82) is 0 Å². The van der Waals surface area contributed by atoms with E-state index in [0.29, 0.717) is 18.8 Å². The third kappa shape index (κ3) is 30.4. The van der Waals surface area contributed by atoms with E-state index in [1.165, 1.54) is 103 Å². The Morgan fingerprint density at radius 3 is 1.30 bits per heavy atom. The highest BCUT2D eigenvalue weighted by atomic mass is 16.8. The van der Waals surface area contributed by atoms with Crippen LogP contribution in [0, 0.1) is 5.92 Å². The van der Waals surface area contributed by atoms with Gasteiger partial charge in [0.1, 0.15) is 153 Å². The van der Waals surface area contributed by atoms with Crippen LogP contribution in [-0.4, -0.2) is 362 Å². The monoisotopic (exact) mass is 1630 g/mol. The zero-order chi connectivity index (χ0) is 82.0. The van der Waals surface area contributed by atoms with Crippen molar-refractivity contribution in [2.75, 3.05) is 46.2 Å². The molecule has 6 heterocycles. The molecule has 0 aromatic carbocycles. The third-order valence-corrected chi connectivity index (χ3v) is 22.8. The average Bonchev–Trinajstić information content (AvgIpc) is 1.57. The van der Waals surface area contributed by atoms with E-state index in [4.69, 9.17) is 56.8 Å². The first kappa shape index (κ1) is 99.0. The number of ether oxygens (including phenoxy) is 12. The van der Waals surface area contributed by atoms with E-state index in [1.807, 2.05) is 0 Å². The fourth-order valence-corrected chi connectivity index (χ4v) is 15.2. The minimum absolute atomic E-state index is 0.108. The van der Waals surface area contributed by atoms with E-state index in [1.54, 1.807) is 0 Å². The summed E-state index contributed by atoms with van der Waals surface area (Å²) in [5.74, 6) is -0.174. The second-order valence-corrected chi connectivity index (χ2v) is 31.8. The van der Waals surface area contributed by atoms with Gasteiger partial charge in [0, 0.05) is 0 Å². The molecule has 0 aromatic rings. The molecule has 35 heteroatoms. The quantitative estimate of drug-likeness (QED) is 0.0302. The molecular weight excluding hydrogens is 1480 g/mol. The Bertz CT molecular complexity index is 2450. The summed E-state index contributed by atoms with van der Waals surface area (Å²) in [6.07, 6.45) is -26.8. The Morgan fingerprint density at radius 1 is 0.393 bits per heavy atom. The first-order valence-electron chi connectivity index (χ1n) is 41.8. The van der Waals surface area contributed by atoms with E-state index in [-0.39, 0.29) is 12.8 Å². The molecule has 0 radical (unpaired) electrons. The Kier molecular flexibility index (Phi) is 46.9. The number of aliphatic hydroxyl groups excluding tert-OH is 21.